The maximum Gasteiger partial charge on any atom is 0.0347 e. The van der Waals surface area contributed by atoms with Crippen molar-refractivity contribution < 1.29 is 0 Å². The largest absolute Gasteiger partial charge is 0.152 e. The predicted molar refractivity (Wildman–Crippen MR) is 77.2 cm³/mol. The van der Waals surface area contributed by atoms with Crippen molar-refractivity contribution in [2.45, 2.75) is 76.9 Å². The summed E-state index contributed by atoms with van der Waals surface area (Å²) in [6, 6.07) is 0. The molecule has 1 saturated heterocycles. The van der Waals surface area contributed by atoms with Gasteiger partial charge in [0, 0.05) is 11.0 Å². The first-order valence-corrected chi connectivity index (χ1v) is 8.23. The normalized spacial score (nSPS) is 20.1. The van der Waals surface area contributed by atoms with Crippen LogP contribution in [-0.4, -0.2) is 11.0 Å². The number of thioether (sulfide) groups is 1. The second kappa shape index (κ2) is 9.15. The van der Waals surface area contributed by atoms with Gasteiger partial charge in [0.15, 0.2) is 0 Å². The smallest absolute Gasteiger partial charge is 0.0347 e. The summed E-state index contributed by atoms with van der Waals surface area (Å²) in [6.07, 6.45) is 15.0. The third-order valence-corrected chi connectivity index (χ3v) is 4.25. The molecule has 0 aromatic rings. The van der Waals surface area contributed by atoms with Gasteiger partial charge in [-0.25, -0.2) is 0 Å². The van der Waals surface area contributed by atoms with E-state index in [1.54, 1.807) is 5.57 Å². The molecule has 16 heavy (non-hydrogen) atoms. The van der Waals surface area contributed by atoms with Gasteiger partial charge in [-0.2, -0.15) is 11.8 Å². The van der Waals surface area contributed by atoms with Crippen molar-refractivity contribution in [2.75, 3.05) is 5.75 Å². The topological polar surface area (TPSA) is 0 Å². The van der Waals surface area contributed by atoms with E-state index in [0.29, 0.717) is 0 Å². The molecule has 0 N–H and O–H groups in total. The Morgan fingerprint density at radius 3 is 2.38 bits per heavy atom. The first-order valence-electron chi connectivity index (χ1n) is 7.19. The molecule has 1 atom stereocenters. The summed E-state index contributed by atoms with van der Waals surface area (Å²) in [5, 5.41) is 0.919. The SMILES string of the molecule is CCCCCC/C=C(\CCCCC)C1CS1. The number of hydrogen-bond donors (Lipinski definition) is 0. The van der Waals surface area contributed by atoms with Crippen LogP contribution in [0.3, 0.4) is 0 Å². The Hall–Kier alpha value is 0.0900. The summed E-state index contributed by atoms with van der Waals surface area (Å²) < 4.78 is 0. The average Bonchev–Trinajstić information content (AvgIpc) is 3.10. The van der Waals surface area contributed by atoms with Crippen LogP contribution < -0.4 is 0 Å². The summed E-state index contributed by atoms with van der Waals surface area (Å²) in [4.78, 5) is 0. The molecule has 0 spiro atoms. The molecule has 1 fully saturated rings. The number of rotatable bonds is 10. The Bertz CT molecular complexity index is 192. The van der Waals surface area contributed by atoms with E-state index in [1.165, 1.54) is 63.5 Å². The Morgan fingerprint density at radius 2 is 1.75 bits per heavy atom. The molecule has 1 heteroatoms. The molecule has 94 valence electrons. The zero-order valence-corrected chi connectivity index (χ0v) is 12.0. The summed E-state index contributed by atoms with van der Waals surface area (Å²) >= 11 is 2.13. The van der Waals surface area contributed by atoms with Gasteiger partial charge in [0.25, 0.3) is 0 Å². The van der Waals surface area contributed by atoms with E-state index in [1.807, 2.05) is 0 Å². The molecule has 1 unspecified atom stereocenters. The van der Waals surface area contributed by atoms with E-state index < -0.39 is 0 Å². The third-order valence-electron chi connectivity index (χ3n) is 3.28. The van der Waals surface area contributed by atoms with E-state index in [0.717, 1.165) is 5.25 Å². The standard InChI is InChI=1S/C15H28S/c1-3-5-7-8-10-12-14(15-13-16-15)11-9-6-4-2/h12,15H,3-11,13H2,1-2H3/b14-12+. The molecular formula is C15H28S. The lowest BCUT2D eigenvalue weighted by Gasteiger charge is -2.05. The van der Waals surface area contributed by atoms with Crippen LogP contribution >= 0.6 is 11.8 Å². The van der Waals surface area contributed by atoms with Gasteiger partial charge in [0.05, 0.1) is 0 Å². The maximum atomic E-state index is 2.57. The van der Waals surface area contributed by atoms with E-state index in [2.05, 4.69) is 31.7 Å². The molecule has 0 bridgehead atoms. The number of hydrogen-bond acceptors (Lipinski definition) is 1. The lowest BCUT2D eigenvalue weighted by molar-refractivity contribution is 0.667. The van der Waals surface area contributed by atoms with Gasteiger partial charge in [-0.1, -0.05) is 57.6 Å². The third kappa shape index (κ3) is 6.62. The van der Waals surface area contributed by atoms with Crippen molar-refractivity contribution in [3.05, 3.63) is 11.6 Å². The monoisotopic (exact) mass is 240 g/mol. The number of allylic oxidation sites excluding steroid dienone is 1. The Kier molecular flexibility index (Phi) is 8.10. The van der Waals surface area contributed by atoms with Crippen LogP contribution in [0.15, 0.2) is 11.6 Å². The highest BCUT2D eigenvalue weighted by molar-refractivity contribution is 8.07. The van der Waals surface area contributed by atoms with Gasteiger partial charge in [-0.15, -0.1) is 0 Å². The first kappa shape index (κ1) is 14.2. The van der Waals surface area contributed by atoms with E-state index in [-0.39, 0.29) is 0 Å². The fourth-order valence-corrected chi connectivity index (χ4v) is 2.83. The van der Waals surface area contributed by atoms with Gasteiger partial charge in [0.2, 0.25) is 0 Å². The van der Waals surface area contributed by atoms with E-state index in [9.17, 15) is 0 Å². The minimum absolute atomic E-state index is 0.919. The molecule has 0 nitrogen and oxygen atoms in total. The molecule has 1 rings (SSSR count). The van der Waals surface area contributed by atoms with Gasteiger partial charge < -0.3 is 0 Å². The second-order valence-electron chi connectivity index (χ2n) is 4.91. The van der Waals surface area contributed by atoms with E-state index >= 15 is 0 Å². The van der Waals surface area contributed by atoms with Crippen molar-refractivity contribution in [2.24, 2.45) is 0 Å². The quantitative estimate of drug-likeness (QED) is 0.273. The second-order valence-corrected chi connectivity index (χ2v) is 6.14. The minimum Gasteiger partial charge on any atom is -0.152 e. The van der Waals surface area contributed by atoms with Crippen LogP contribution in [0.4, 0.5) is 0 Å². The highest BCUT2D eigenvalue weighted by Gasteiger charge is 2.25. The fourth-order valence-electron chi connectivity index (χ4n) is 2.09. The van der Waals surface area contributed by atoms with Crippen molar-refractivity contribution in [1.82, 2.24) is 0 Å². The Balaban J connectivity index is 2.13. The molecule has 0 amide bonds. The van der Waals surface area contributed by atoms with Crippen LogP contribution in [0.1, 0.15) is 71.6 Å². The van der Waals surface area contributed by atoms with Crippen molar-refractivity contribution >= 4 is 11.8 Å². The van der Waals surface area contributed by atoms with Gasteiger partial charge >= 0.3 is 0 Å². The van der Waals surface area contributed by atoms with Crippen molar-refractivity contribution in [1.29, 1.82) is 0 Å². The van der Waals surface area contributed by atoms with Crippen molar-refractivity contribution in [3.8, 4) is 0 Å². The fraction of sp³-hybridized carbons (Fsp3) is 0.867. The summed E-state index contributed by atoms with van der Waals surface area (Å²) in [5.74, 6) is 1.40. The van der Waals surface area contributed by atoms with E-state index in [4.69, 9.17) is 0 Å². The summed E-state index contributed by atoms with van der Waals surface area (Å²) in [6.45, 7) is 4.58. The summed E-state index contributed by atoms with van der Waals surface area (Å²) in [5.41, 5.74) is 1.77. The van der Waals surface area contributed by atoms with Crippen molar-refractivity contribution in [3.63, 3.8) is 0 Å². The zero-order chi connectivity index (χ0) is 11.6. The Morgan fingerprint density at radius 1 is 1.06 bits per heavy atom. The Labute approximate surface area is 106 Å². The van der Waals surface area contributed by atoms with Gasteiger partial charge in [-0.05, 0) is 25.7 Å². The minimum atomic E-state index is 0.919. The van der Waals surface area contributed by atoms with Crippen LogP contribution in [0.5, 0.6) is 0 Å². The van der Waals surface area contributed by atoms with Crippen LogP contribution in [0.2, 0.25) is 0 Å². The average molecular weight is 240 g/mol. The molecule has 0 aromatic heterocycles. The molecule has 1 heterocycles. The molecule has 1 aliphatic rings. The molecule has 0 saturated carbocycles. The maximum absolute atomic E-state index is 2.57. The van der Waals surface area contributed by atoms with Crippen LogP contribution in [0, 0.1) is 0 Å². The first-order chi connectivity index (χ1) is 7.88. The molecule has 0 radical (unpaired) electrons. The number of unbranched alkanes of at least 4 members (excludes halogenated alkanes) is 6. The highest BCUT2D eigenvalue weighted by atomic mass is 32.2. The van der Waals surface area contributed by atoms with Gasteiger partial charge in [0.1, 0.15) is 0 Å². The molecule has 0 aliphatic carbocycles. The van der Waals surface area contributed by atoms with Gasteiger partial charge in [-0.3, -0.25) is 0 Å². The highest BCUT2D eigenvalue weighted by Crippen LogP contribution is 2.39. The van der Waals surface area contributed by atoms with Crippen LogP contribution in [0.25, 0.3) is 0 Å². The predicted octanol–water partition coefficient (Wildman–Crippen LogP) is 5.58. The lowest BCUT2D eigenvalue weighted by atomic mass is 10.0. The molecule has 0 aromatic carbocycles. The van der Waals surface area contributed by atoms with Crippen LogP contribution in [-0.2, 0) is 0 Å². The lowest BCUT2D eigenvalue weighted by Crippen LogP contribution is -1.92. The summed E-state index contributed by atoms with van der Waals surface area (Å²) in [7, 11) is 0. The molecular weight excluding hydrogens is 212 g/mol. The zero-order valence-electron chi connectivity index (χ0n) is 11.1. The molecule has 1 aliphatic heterocycles.